The second-order valence-corrected chi connectivity index (χ2v) is 7.03. The van der Waals surface area contributed by atoms with Gasteiger partial charge in [-0.3, -0.25) is 0 Å². The minimum absolute atomic E-state index is 0.435. The third kappa shape index (κ3) is 3.93. The van der Waals surface area contributed by atoms with Crippen LogP contribution in [0.15, 0.2) is 52.4 Å². The number of rotatable bonds is 7. The second-order valence-electron chi connectivity index (χ2n) is 5.99. The third-order valence-corrected chi connectivity index (χ3v) is 4.74. The van der Waals surface area contributed by atoms with Crippen LogP contribution in [0.2, 0.25) is 0 Å². The van der Waals surface area contributed by atoms with Gasteiger partial charge in [0.15, 0.2) is 0 Å². The average Bonchev–Trinajstić information content (AvgIpc) is 3.22. The van der Waals surface area contributed by atoms with Crippen LogP contribution < -0.4 is 5.32 Å². The number of hydrogen-bond donors (Lipinski definition) is 2. The Labute approximate surface area is 140 Å². The predicted molar refractivity (Wildman–Crippen MR) is 92.6 cm³/mol. The van der Waals surface area contributed by atoms with E-state index < -0.39 is 5.60 Å². The highest BCUT2D eigenvalue weighted by molar-refractivity contribution is 7.09. The van der Waals surface area contributed by atoms with E-state index in [1.165, 1.54) is 10.6 Å². The molecule has 3 rings (SSSR count). The number of aliphatic hydroxyl groups is 1. The molecule has 0 saturated heterocycles. The van der Waals surface area contributed by atoms with Crippen LogP contribution in [0.5, 0.6) is 0 Å². The molecular weight excluding hydrogens is 308 g/mol. The van der Waals surface area contributed by atoms with Crippen LogP contribution in [0, 0.1) is 6.92 Å². The largest absolute Gasteiger partial charge is 0.463 e. The van der Waals surface area contributed by atoms with Gasteiger partial charge in [0.1, 0.15) is 17.1 Å². The molecule has 3 aromatic rings. The SMILES string of the molecule is Cc1ccc(C(C)(O)CNCc2cccn2Cc2cccs2)o1. The minimum Gasteiger partial charge on any atom is -0.463 e. The molecule has 0 radical (unpaired) electrons. The normalized spacial score (nSPS) is 14.0. The zero-order valence-electron chi connectivity index (χ0n) is 13.5. The van der Waals surface area contributed by atoms with Crippen LogP contribution in [-0.2, 0) is 18.7 Å². The Hall–Kier alpha value is -1.82. The number of aryl methyl sites for hydroxylation is 1. The molecule has 0 aromatic carbocycles. The molecule has 0 spiro atoms. The van der Waals surface area contributed by atoms with E-state index >= 15 is 0 Å². The summed E-state index contributed by atoms with van der Waals surface area (Å²) in [6.07, 6.45) is 2.09. The first-order valence-electron chi connectivity index (χ1n) is 7.71. The van der Waals surface area contributed by atoms with Crippen molar-refractivity contribution >= 4 is 11.3 Å². The van der Waals surface area contributed by atoms with Crippen LogP contribution in [-0.4, -0.2) is 16.2 Å². The maximum absolute atomic E-state index is 10.5. The lowest BCUT2D eigenvalue weighted by Crippen LogP contribution is -2.35. The van der Waals surface area contributed by atoms with Gasteiger partial charge in [-0.25, -0.2) is 0 Å². The molecule has 0 aliphatic carbocycles. The van der Waals surface area contributed by atoms with Crippen molar-refractivity contribution in [2.45, 2.75) is 32.5 Å². The molecule has 0 amide bonds. The quantitative estimate of drug-likeness (QED) is 0.697. The van der Waals surface area contributed by atoms with E-state index in [1.807, 2.05) is 19.1 Å². The molecule has 0 aliphatic heterocycles. The number of hydrogen-bond acceptors (Lipinski definition) is 4. The van der Waals surface area contributed by atoms with Crippen molar-refractivity contribution in [3.05, 3.63) is 70.1 Å². The van der Waals surface area contributed by atoms with E-state index in [0.717, 1.165) is 12.3 Å². The van der Waals surface area contributed by atoms with Gasteiger partial charge in [0.25, 0.3) is 0 Å². The van der Waals surface area contributed by atoms with Crippen molar-refractivity contribution in [2.24, 2.45) is 0 Å². The molecule has 1 atom stereocenters. The van der Waals surface area contributed by atoms with E-state index in [2.05, 4.69) is 45.7 Å². The fraction of sp³-hybridized carbons (Fsp3) is 0.333. The molecule has 0 bridgehead atoms. The zero-order chi connectivity index (χ0) is 16.3. The molecule has 0 fully saturated rings. The maximum atomic E-state index is 10.5. The Morgan fingerprint density at radius 3 is 2.83 bits per heavy atom. The van der Waals surface area contributed by atoms with E-state index in [-0.39, 0.29) is 0 Å². The van der Waals surface area contributed by atoms with Gasteiger partial charge in [0.05, 0.1) is 6.54 Å². The van der Waals surface area contributed by atoms with Crippen LogP contribution in [0.25, 0.3) is 0 Å². The Morgan fingerprint density at radius 2 is 2.13 bits per heavy atom. The molecule has 122 valence electrons. The lowest BCUT2D eigenvalue weighted by Gasteiger charge is -2.21. The zero-order valence-corrected chi connectivity index (χ0v) is 14.3. The van der Waals surface area contributed by atoms with Crippen LogP contribution in [0.1, 0.15) is 29.0 Å². The van der Waals surface area contributed by atoms with Crippen molar-refractivity contribution in [1.29, 1.82) is 0 Å². The van der Waals surface area contributed by atoms with Gasteiger partial charge < -0.3 is 19.4 Å². The predicted octanol–water partition coefficient (Wildman–Crippen LogP) is 3.50. The molecular formula is C18H22N2O2S. The summed E-state index contributed by atoms with van der Waals surface area (Å²) in [7, 11) is 0. The van der Waals surface area contributed by atoms with Gasteiger partial charge in [-0.1, -0.05) is 6.07 Å². The molecule has 0 aliphatic rings. The summed E-state index contributed by atoms with van der Waals surface area (Å²) in [4.78, 5) is 1.33. The summed E-state index contributed by atoms with van der Waals surface area (Å²) in [6.45, 7) is 5.67. The highest BCUT2D eigenvalue weighted by atomic mass is 32.1. The molecule has 23 heavy (non-hydrogen) atoms. The highest BCUT2D eigenvalue weighted by Crippen LogP contribution is 2.22. The highest BCUT2D eigenvalue weighted by Gasteiger charge is 2.26. The fourth-order valence-electron chi connectivity index (χ4n) is 2.58. The molecule has 3 heterocycles. The van der Waals surface area contributed by atoms with Gasteiger partial charge >= 0.3 is 0 Å². The monoisotopic (exact) mass is 330 g/mol. The summed E-state index contributed by atoms with van der Waals surface area (Å²) in [6, 6.07) is 12.1. The molecule has 1 unspecified atom stereocenters. The lowest BCUT2D eigenvalue weighted by atomic mass is 10.0. The standard InChI is InChI=1S/C18H22N2O2S/c1-14-7-8-17(22-14)18(2,21)13-19-11-15-5-3-9-20(15)12-16-6-4-10-23-16/h3-10,19,21H,11-13H2,1-2H3. The van der Waals surface area contributed by atoms with Gasteiger partial charge in [-0.2, -0.15) is 0 Å². The summed E-state index contributed by atoms with van der Waals surface area (Å²) in [5, 5.41) is 16.0. The number of aromatic nitrogens is 1. The van der Waals surface area contributed by atoms with Gasteiger partial charge in [-0.15, -0.1) is 11.3 Å². The minimum atomic E-state index is -1.01. The number of nitrogens with one attached hydrogen (secondary N) is 1. The summed E-state index contributed by atoms with van der Waals surface area (Å²) < 4.78 is 7.76. The van der Waals surface area contributed by atoms with Crippen LogP contribution in [0.4, 0.5) is 0 Å². The Morgan fingerprint density at radius 1 is 1.26 bits per heavy atom. The first-order valence-corrected chi connectivity index (χ1v) is 8.59. The van der Waals surface area contributed by atoms with Gasteiger partial charge in [0, 0.05) is 29.9 Å². The molecule has 3 aromatic heterocycles. The summed E-state index contributed by atoms with van der Waals surface area (Å²) in [5.41, 5.74) is 0.184. The number of nitrogens with zero attached hydrogens (tertiary/aromatic N) is 1. The van der Waals surface area contributed by atoms with Gasteiger partial charge in [0.2, 0.25) is 0 Å². The Balaban J connectivity index is 1.58. The molecule has 5 heteroatoms. The van der Waals surface area contributed by atoms with E-state index in [1.54, 1.807) is 18.3 Å². The maximum Gasteiger partial charge on any atom is 0.136 e. The Kier molecular flexibility index (Phi) is 4.71. The average molecular weight is 330 g/mol. The van der Waals surface area contributed by atoms with E-state index in [9.17, 15) is 5.11 Å². The first kappa shape index (κ1) is 16.1. The number of furan rings is 1. The third-order valence-electron chi connectivity index (χ3n) is 3.88. The molecule has 2 N–H and O–H groups in total. The fourth-order valence-corrected chi connectivity index (χ4v) is 3.28. The van der Waals surface area contributed by atoms with Crippen LogP contribution >= 0.6 is 11.3 Å². The van der Waals surface area contributed by atoms with E-state index in [4.69, 9.17) is 4.42 Å². The van der Waals surface area contributed by atoms with Gasteiger partial charge in [-0.05, 0) is 49.6 Å². The van der Waals surface area contributed by atoms with Crippen molar-refractivity contribution in [1.82, 2.24) is 9.88 Å². The molecule has 4 nitrogen and oxygen atoms in total. The molecule has 0 saturated carbocycles. The van der Waals surface area contributed by atoms with Crippen LogP contribution in [0.3, 0.4) is 0 Å². The van der Waals surface area contributed by atoms with Crippen molar-refractivity contribution < 1.29 is 9.52 Å². The summed E-state index contributed by atoms with van der Waals surface area (Å²) in [5.74, 6) is 1.40. The Bertz CT molecular complexity index is 741. The van der Waals surface area contributed by atoms with E-state index in [0.29, 0.717) is 18.8 Å². The van der Waals surface area contributed by atoms with Crippen molar-refractivity contribution in [2.75, 3.05) is 6.54 Å². The van der Waals surface area contributed by atoms with Crippen molar-refractivity contribution in [3.8, 4) is 0 Å². The smallest absolute Gasteiger partial charge is 0.136 e. The number of thiophene rings is 1. The lowest BCUT2D eigenvalue weighted by molar-refractivity contribution is 0.0331. The summed E-state index contributed by atoms with van der Waals surface area (Å²) >= 11 is 1.76. The van der Waals surface area contributed by atoms with Crippen molar-refractivity contribution in [3.63, 3.8) is 0 Å². The second kappa shape index (κ2) is 6.74. The topological polar surface area (TPSA) is 50.3 Å². The first-order chi connectivity index (χ1) is 11.0.